The average Bonchev–Trinajstić information content (AvgIpc) is 3.48. The van der Waals surface area contributed by atoms with Crippen LogP contribution in [0.5, 0.6) is 0 Å². The summed E-state index contributed by atoms with van der Waals surface area (Å²) in [7, 11) is 0. The molecule has 0 bridgehead atoms. The van der Waals surface area contributed by atoms with E-state index >= 15 is 0 Å². The van der Waals surface area contributed by atoms with E-state index in [-0.39, 0.29) is 30.2 Å². The molecule has 4 heterocycles. The second-order valence-electron chi connectivity index (χ2n) is 9.27. The van der Waals surface area contributed by atoms with E-state index in [0.717, 1.165) is 35.0 Å². The van der Waals surface area contributed by atoms with Crippen molar-refractivity contribution < 1.29 is 24.8 Å². The lowest BCUT2D eigenvalue weighted by Crippen LogP contribution is -2.99. The third kappa shape index (κ3) is 3.40. The number of carbonyl (C=O) groups excluding carboxylic acids is 2. The Morgan fingerprint density at radius 3 is 2.82 bits per heavy atom. The standard InChI is InChI=1S/C25H26N4O5/c30-22-14-27(13-17-7-4-10-34-17)25(31)21-12-19-18-8-1-2-9-20(18)26-23(19)24(28(21)22)15-5-3-6-16(11-15)29(32)33/h1-3,5-6,8-9,11,17,21,24,26,29,32H,4,7,10,12-14H2. The van der Waals surface area contributed by atoms with Gasteiger partial charge in [0.05, 0.1) is 18.7 Å². The minimum absolute atomic E-state index is 0.000123. The lowest BCUT2D eigenvalue weighted by Gasteiger charge is -2.47. The molecule has 2 aromatic carbocycles. The number of para-hydroxylation sites is 1. The zero-order chi connectivity index (χ0) is 23.4. The Kier molecular flexibility index (Phi) is 5.14. The smallest absolute Gasteiger partial charge is 0.246 e. The molecule has 9 heteroatoms. The van der Waals surface area contributed by atoms with Gasteiger partial charge in [-0.05, 0) is 30.0 Å². The normalized spacial score (nSPS) is 25.5. The van der Waals surface area contributed by atoms with Gasteiger partial charge in [0.15, 0.2) is 5.69 Å². The highest BCUT2D eigenvalue weighted by atomic mass is 16.8. The van der Waals surface area contributed by atoms with Gasteiger partial charge in [0, 0.05) is 48.3 Å². The van der Waals surface area contributed by atoms with Crippen molar-refractivity contribution in [3.63, 3.8) is 0 Å². The predicted molar refractivity (Wildman–Crippen MR) is 122 cm³/mol. The molecule has 3 aliphatic rings. The Hall–Kier alpha value is -3.24. The summed E-state index contributed by atoms with van der Waals surface area (Å²) < 4.78 is 5.72. The topological polar surface area (TPSA) is 113 Å². The first-order valence-electron chi connectivity index (χ1n) is 11.7. The van der Waals surface area contributed by atoms with Gasteiger partial charge in [0.1, 0.15) is 6.04 Å². The van der Waals surface area contributed by atoms with Gasteiger partial charge in [0.25, 0.3) is 0 Å². The van der Waals surface area contributed by atoms with E-state index in [2.05, 4.69) is 4.98 Å². The molecular weight excluding hydrogens is 436 g/mol. The minimum Gasteiger partial charge on any atom is -0.595 e. The Balaban J connectivity index is 1.46. The summed E-state index contributed by atoms with van der Waals surface area (Å²) in [5.74, 6) is -0.219. The molecule has 2 amide bonds. The van der Waals surface area contributed by atoms with E-state index in [1.165, 1.54) is 6.07 Å². The first-order valence-corrected chi connectivity index (χ1v) is 11.7. The van der Waals surface area contributed by atoms with Crippen LogP contribution >= 0.6 is 0 Å². The summed E-state index contributed by atoms with van der Waals surface area (Å²) >= 11 is 0. The van der Waals surface area contributed by atoms with Crippen LogP contribution in [0, 0.1) is 5.21 Å². The first-order chi connectivity index (χ1) is 16.5. The SMILES string of the molecule is O=C1C2Cc3c([nH]c4ccccc34)C(c3cccc([NH+]([O-])O)c3)N2C(=O)CN1CC1CCCO1. The van der Waals surface area contributed by atoms with Crippen LogP contribution in [-0.2, 0) is 20.7 Å². The number of hydrogen-bond acceptors (Lipinski definition) is 5. The number of quaternary nitrogens is 1. The van der Waals surface area contributed by atoms with Crippen molar-refractivity contribution in [3.8, 4) is 0 Å². The van der Waals surface area contributed by atoms with Crippen LogP contribution in [-0.4, -0.2) is 63.6 Å². The molecule has 6 rings (SSSR count). The van der Waals surface area contributed by atoms with Gasteiger partial charge in [-0.2, -0.15) is 5.23 Å². The van der Waals surface area contributed by atoms with Crippen LogP contribution in [0.4, 0.5) is 5.69 Å². The predicted octanol–water partition coefficient (Wildman–Crippen LogP) is 1.44. The van der Waals surface area contributed by atoms with Gasteiger partial charge in [-0.3, -0.25) is 9.59 Å². The highest BCUT2D eigenvalue weighted by molar-refractivity contribution is 5.97. The number of nitrogens with one attached hydrogen (secondary N) is 2. The number of amides is 2. The molecule has 176 valence electrons. The van der Waals surface area contributed by atoms with Gasteiger partial charge in [0.2, 0.25) is 11.8 Å². The molecule has 34 heavy (non-hydrogen) atoms. The Labute approximate surface area is 196 Å². The monoisotopic (exact) mass is 462 g/mol. The van der Waals surface area contributed by atoms with Crippen molar-refractivity contribution in [1.29, 1.82) is 0 Å². The second-order valence-corrected chi connectivity index (χ2v) is 9.27. The summed E-state index contributed by atoms with van der Waals surface area (Å²) in [4.78, 5) is 34.0. The number of benzene rings is 2. The quantitative estimate of drug-likeness (QED) is 0.508. The minimum atomic E-state index is -1.03. The fourth-order valence-electron chi connectivity index (χ4n) is 5.70. The van der Waals surface area contributed by atoms with E-state index in [9.17, 15) is 20.0 Å². The lowest BCUT2D eigenvalue weighted by molar-refractivity contribution is -0.991. The molecule has 3 N–H and O–H groups in total. The zero-order valence-electron chi connectivity index (χ0n) is 18.6. The Bertz CT molecular complexity index is 1270. The van der Waals surface area contributed by atoms with E-state index in [4.69, 9.17) is 4.74 Å². The molecule has 3 aromatic rings. The zero-order valence-corrected chi connectivity index (χ0v) is 18.6. The van der Waals surface area contributed by atoms with Crippen molar-refractivity contribution in [2.75, 3.05) is 19.7 Å². The van der Waals surface area contributed by atoms with Crippen molar-refractivity contribution >= 4 is 28.4 Å². The van der Waals surface area contributed by atoms with Gasteiger partial charge >= 0.3 is 0 Å². The van der Waals surface area contributed by atoms with Gasteiger partial charge < -0.3 is 24.7 Å². The molecule has 3 aliphatic heterocycles. The lowest BCUT2D eigenvalue weighted by atomic mass is 9.86. The third-order valence-electron chi connectivity index (χ3n) is 7.24. The van der Waals surface area contributed by atoms with Crippen molar-refractivity contribution in [2.24, 2.45) is 0 Å². The van der Waals surface area contributed by atoms with Crippen LogP contribution < -0.4 is 5.23 Å². The molecule has 4 atom stereocenters. The van der Waals surface area contributed by atoms with Crippen molar-refractivity contribution in [2.45, 2.75) is 37.5 Å². The number of rotatable bonds is 4. The molecular formula is C25H26N4O5. The molecule has 0 aliphatic carbocycles. The maximum Gasteiger partial charge on any atom is 0.246 e. The number of hydrogen-bond donors (Lipinski definition) is 3. The average molecular weight is 463 g/mol. The number of aromatic nitrogens is 1. The first kappa shape index (κ1) is 21.3. The van der Waals surface area contributed by atoms with E-state index in [1.807, 2.05) is 30.3 Å². The molecule has 2 saturated heterocycles. The number of H-pyrrole nitrogens is 1. The van der Waals surface area contributed by atoms with Gasteiger partial charge in [-0.15, -0.1) is 0 Å². The van der Waals surface area contributed by atoms with E-state index < -0.39 is 17.3 Å². The van der Waals surface area contributed by atoms with Gasteiger partial charge in [-0.1, -0.05) is 30.3 Å². The number of piperazine rings is 1. The molecule has 9 nitrogen and oxygen atoms in total. The number of nitrogens with zero attached hydrogens (tertiary/aromatic N) is 2. The summed E-state index contributed by atoms with van der Waals surface area (Å²) in [6.07, 6.45) is 2.25. The van der Waals surface area contributed by atoms with Crippen LogP contribution in [0.1, 0.15) is 35.7 Å². The summed E-state index contributed by atoms with van der Waals surface area (Å²) in [5.41, 5.74) is 3.60. The maximum atomic E-state index is 13.7. The fourth-order valence-corrected chi connectivity index (χ4v) is 5.70. The van der Waals surface area contributed by atoms with Crippen molar-refractivity contribution in [1.82, 2.24) is 14.8 Å². The van der Waals surface area contributed by atoms with E-state index in [1.54, 1.807) is 21.9 Å². The molecule has 0 radical (unpaired) electrons. The molecule has 2 fully saturated rings. The summed E-state index contributed by atoms with van der Waals surface area (Å²) in [6.45, 7) is 1.12. The Morgan fingerprint density at radius 2 is 2.03 bits per heavy atom. The number of carbonyl (C=O) groups is 2. The number of fused-ring (bicyclic) bond motifs is 4. The number of aromatic amines is 1. The summed E-state index contributed by atoms with van der Waals surface area (Å²) in [5, 5.41) is 21.2. The van der Waals surface area contributed by atoms with Crippen molar-refractivity contribution in [3.05, 3.63) is 70.6 Å². The molecule has 4 unspecified atom stereocenters. The summed E-state index contributed by atoms with van der Waals surface area (Å²) in [6, 6.07) is 13.3. The van der Waals surface area contributed by atoms with Crippen LogP contribution in [0.25, 0.3) is 10.9 Å². The van der Waals surface area contributed by atoms with Crippen LogP contribution in [0.3, 0.4) is 0 Å². The largest absolute Gasteiger partial charge is 0.595 e. The third-order valence-corrected chi connectivity index (χ3v) is 7.24. The van der Waals surface area contributed by atoms with Gasteiger partial charge in [-0.25, -0.2) is 5.21 Å². The van der Waals surface area contributed by atoms with E-state index in [0.29, 0.717) is 25.1 Å². The molecule has 0 saturated carbocycles. The number of ether oxygens (including phenoxy) is 1. The fraction of sp³-hybridized carbons (Fsp3) is 0.360. The second kappa shape index (κ2) is 8.21. The maximum absolute atomic E-state index is 13.7. The molecule has 1 aromatic heterocycles. The highest BCUT2D eigenvalue weighted by Gasteiger charge is 2.48. The highest BCUT2D eigenvalue weighted by Crippen LogP contribution is 2.42. The van der Waals surface area contributed by atoms with Crippen LogP contribution in [0.2, 0.25) is 0 Å². The molecule has 0 spiro atoms. The Morgan fingerprint density at radius 1 is 1.18 bits per heavy atom. The van der Waals surface area contributed by atoms with Crippen LogP contribution in [0.15, 0.2) is 48.5 Å².